The number of hydrogen-bond donors (Lipinski definition) is 1. The highest BCUT2D eigenvalue weighted by Gasteiger charge is 2.48. The summed E-state index contributed by atoms with van der Waals surface area (Å²) in [6.45, 7) is 0.484. The van der Waals surface area contributed by atoms with Gasteiger partial charge in [0.05, 0.1) is 18.0 Å². The zero-order chi connectivity index (χ0) is 19.3. The molecule has 0 bridgehead atoms. The molecule has 0 saturated carbocycles. The van der Waals surface area contributed by atoms with Gasteiger partial charge in [0, 0.05) is 37.8 Å². The van der Waals surface area contributed by atoms with Crippen molar-refractivity contribution in [2.75, 3.05) is 13.6 Å². The quantitative estimate of drug-likeness (QED) is 0.596. The van der Waals surface area contributed by atoms with Crippen LogP contribution in [0.1, 0.15) is 12.2 Å². The van der Waals surface area contributed by atoms with Crippen molar-refractivity contribution in [3.63, 3.8) is 0 Å². The fraction of sp³-hybridized carbons (Fsp3) is 0.190. The molecule has 7 heteroatoms. The van der Waals surface area contributed by atoms with E-state index in [4.69, 9.17) is 4.52 Å². The van der Waals surface area contributed by atoms with E-state index in [-0.39, 0.29) is 11.7 Å². The molecule has 28 heavy (non-hydrogen) atoms. The van der Waals surface area contributed by atoms with Crippen molar-refractivity contribution in [1.29, 1.82) is 0 Å². The Labute approximate surface area is 160 Å². The van der Waals surface area contributed by atoms with E-state index >= 15 is 0 Å². The molecular formula is C21H18N4O3. The van der Waals surface area contributed by atoms with Gasteiger partial charge in [-0.3, -0.25) is 4.79 Å². The fourth-order valence-corrected chi connectivity index (χ4v) is 3.65. The zero-order valence-corrected chi connectivity index (χ0v) is 15.2. The number of fused-ring (bicyclic) bond motifs is 1. The number of aliphatic hydroxyl groups is 1. The number of nitrogens with zero attached hydrogens (tertiary/aromatic N) is 4. The molecule has 1 saturated heterocycles. The van der Waals surface area contributed by atoms with E-state index in [1.807, 2.05) is 47.1 Å². The molecule has 7 nitrogen and oxygen atoms in total. The van der Waals surface area contributed by atoms with Gasteiger partial charge >= 0.3 is 0 Å². The summed E-state index contributed by atoms with van der Waals surface area (Å²) in [6, 6.07) is 13.6. The molecule has 1 aliphatic rings. The maximum atomic E-state index is 12.3. The summed E-state index contributed by atoms with van der Waals surface area (Å²) in [5.41, 5.74) is 2.90. The van der Waals surface area contributed by atoms with Crippen molar-refractivity contribution in [3.05, 3.63) is 66.9 Å². The van der Waals surface area contributed by atoms with Crippen molar-refractivity contribution >= 4 is 11.4 Å². The van der Waals surface area contributed by atoms with Gasteiger partial charge in [0.1, 0.15) is 5.69 Å². The van der Waals surface area contributed by atoms with E-state index in [1.165, 1.54) is 4.90 Å². The number of rotatable bonds is 3. The van der Waals surface area contributed by atoms with Crippen LogP contribution < -0.4 is 0 Å². The second kappa shape index (κ2) is 6.03. The highest BCUT2D eigenvalue weighted by atomic mass is 16.5. The highest BCUT2D eigenvalue weighted by Crippen LogP contribution is 2.35. The third kappa shape index (κ3) is 2.51. The lowest BCUT2D eigenvalue weighted by Gasteiger charge is -2.16. The fourth-order valence-electron chi connectivity index (χ4n) is 3.65. The van der Waals surface area contributed by atoms with Crippen LogP contribution in [0.15, 0.2) is 65.7 Å². The monoisotopic (exact) mass is 374 g/mol. The molecule has 5 rings (SSSR count). The van der Waals surface area contributed by atoms with E-state index in [0.717, 1.165) is 22.2 Å². The van der Waals surface area contributed by atoms with E-state index in [9.17, 15) is 9.90 Å². The van der Waals surface area contributed by atoms with Gasteiger partial charge in [0.15, 0.2) is 5.76 Å². The predicted molar refractivity (Wildman–Crippen MR) is 102 cm³/mol. The van der Waals surface area contributed by atoms with Crippen LogP contribution in [0.2, 0.25) is 0 Å². The second-order valence-electron chi connectivity index (χ2n) is 7.14. The molecule has 1 N–H and O–H groups in total. The minimum Gasteiger partial charge on any atom is -0.373 e. The largest absolute Gasteiger partial charge is 0.373 e. The van der Waals surface area contributed by atoms with Crippen LogP contribution in [-0.2, 0) is 10.4 Å². The average Bonchev–Trinajstić information content (AvgIpc) is 3.45. The Morgan fingerprint density at radius 2 is 1.96 bits per heavy atom. The van der Waals surface area contributed by atoms with E-state index in [2.05, 4.69) is 16.2 Å². The summed E-state index contributed by atoms with van der Waals surface area (Å²) in [4.78, 5) is 17.9. The van der Waals surface area contributed by atoms with Gasteiger partial charge in [-0.05, 0) is 29.3 Å². The van der Waals surface area contributed by atoms with Crippen molar-refractivity contribution in [1.82, 2.24) is 19.4 Å². The van der Waals surface area contributed by atoms with Crippen LogP contribution in [0, 0.1) is 0 Å². The minimum absolute atomic E-state index is 0.183. The number of imidazole rings is 1. The van der Waals surface area contributed by atoms with Crippen LogP contribution in [-0.4, -0.2) is 44.0 Å². The van der Waals surface area contributed by atoms with Crippen molar-refractivity contribution in [3.8, 4) is 22.4 Å². The molecule has 0 aliphatic carbocycles. The normalized spacial score (nSPS) is 19.6. The van der Waals surface area contributed by atoms with Crippen LogP contribution in [0.25, 0.3) is 27.9 Å². The molecule has 1 amide bonds. The summed E-state index contributed by atoms with van der Waals surface area (Å²) < 4.78 is 7.31. The standard InChI is InChI=1S/C21H18N4O3/c1-24-8-6-21(27,20(24)26)19-11-18(23-28-19)16-4-2-3-14(9-16)15-5-7-25-13-22-12-17(25)10-15/h2-5,7,9-13,27H,6,8H2,1H3/t21-/m1/s1. The van der Waals surface area contributed by atoms with Crippen molar-refractivity contribution in [2.45, 2.75) is 12.0 Å². The Morgan fingerprint density at radius 3 is 2.79 bits per heavy atom. The lowest BCUT2D eigenvalue weighted by Crippen LogP contribution is -2.35. The molecule has 4 aromatic rings. The molecule has 3 aromatic heterocycles. The van der Waals surface area contributed by atoms with Gasteiger partial charge in [-0.1, -0.05) is 23.4 Å². The third-order valence-electron chi connectivity index (χ3n) is 5.33. The van der Waals surface area contributed by atoms with E-state index in [0.29, 0.717) is 18.7 Å². The van der Waals surface area contributed by atoms with Crippen LogP contribution in [0.5, 0.6) is 0 Å². The van der Waals surface area contributed by atoms with Gasteiger partial charge in [-0.15, -0.1) is 0 Å². The van der Waals surface area contributed by atoms with Crippen LogP contribution in [0.3, 0.4) is 0 Å². The molecule has 140 valence electrons. The molecule has 1 aromatic carbocycles. The first kappa shape index (κ1) is 16.7. The number of amides is 1. The number of likely N-dealkylation sites (tertiary alicyclic amines) is 1. The highest BCUT2D eigenvalue weighted by molar-refractivity contribution is 5.87. The maximum Gasteiger partial charge on any atom is 0.262 e. The summed E-state index contributed by atoms with van der Waals surface area (Å²) in [5.74, 6) is -0.180. The number of hydrogen-bond acceptors (Lipinski definition) is 5. The Bertz CT molecular complexity index is 1200. The summed E-state index contributed by atoms with van der Waals surface area (Å²) in [6.07, 6.45) is 5.84. The number of carbonyl (C=O) groups is 1. The molecule has 1 atom stereocenters. The van der Waals surface area contributed by atoms with Crippen LogP contribution >= 0.6 is 0 Å². The summed E-state index contributed by atoms with van der Waals surface area (Å²) >= 11 is 0. The maximum absolute atomic E-state index is 12.3. The number of pyridine rings is 1. The van der Waals surface area contributed by atoms with Gasteiger partial charge < -0.3 is 18.9 Å². The van der Waals surface area contributed by atoms with Crippen molar-refractivity contribution in [2.24, 2.45) is 0 Å². The average molecular weight is 374 g/mol. The SMILES string of the molecule is CN1CC[C@@](O)(c2cc(-c3cccc(-c4ccn5cncc5c4)c3)no2)C1=O. The summed E-state index contributed by atoms with van der Waals surface area (Å²) in [5, 5.41) is 14.8. The topological polar surface area (TPSA) is 83.9 Å². The van der Waals surface area contributed by atoms with Gasteiger partial charge in [0.2, 0.25) is 5.60 Å². The van der Waals surface area contributed by atoms with Crippen molar-refractivity contribution < 1.29 is 14.4 Å². The molecule has 1 fully saturated rings. The number of benzene rings is 1. The number of likely N-dealkylation sites (N-methyl/N-ethyl adjacent to an activating group) is 1. The smallest absolute Gasteiger partial charge is 0.262 e. The number of carbonyl (C=O) groups excluding carboxylic acids is 1. The van der Waals surface area contributed by atoms with Crippen LogP contribution in [0.4, 0.5) is 0 Å². The second-order valence-corrected chi connectivity index (χ2v) is 7.14. The Kier molecular flexibility index (Phi) is 3.60. The zero-order valence-electron chi connectivity index (χ0n) is 15.2. The summed E-state index contributed by atoms with van der Waals surface area (Å²) in [7, 11) is 1.67. The lowest BCUT2D eigenvalue weighted by molar-refractivity contribution is -0.144. The minimum atomic E-state index is -1.63. The van der Waals surface area contributed by atoms with Gasteiger partial charge in [-0.2, -0.15) is 0 Å². The Hall–Kier alpha value is -3.45. The molecule has 0 unspecified atom stereocenters. The van der Waals surface area contributed by atoms with E-state index < -0.39 is 5.60 Å². The third-order valence-corrected chi connectivity index (χ3v) is 5.33. The lowest BCUT2D eigenvalue weighted by atomic mass is 9.97. The first-order valence-corrected chi connectivity index (χ1v) is 9.02. The molecule has 0 spiro atoms. The number of aromatic nitrogens is 3. The predicted octanol–water partition coefficient (Wildman–Crippen LogP) is 2.71. The van der Waals surface area contributed by atoms with E-state index in [1.54, 1.807) is 19.4 Å². The molecule has 0 radical (unpaired) electrons. The molecule has 4 heterocycles. The Balaban J connectivity index is 1.50. The molecular weight excluding hydrogens is 356 g/mol. The Morgan fingerprint density at radius 1 is 1.14 bits per heavy atom. The van der Waals surface area contributed by atoms with Gasteiger partial charge in [0.25, 0.3) is 5.91 Å². The first-order valence-electron chi connectivity index (χ1n) is 9.02. The van der Waals surface area contributed by atoms with Gasteiger partial charge in [-0.25, -0.2) is 4.98 Å². The first-order chi connectivity index (χ1) is 13.5. The molecule has 1 aliphatic heterocycles.